The molecule has 8 heteroatoms. The molecule has 0 radical (unpaired) electrons. The van der Waals surface area contributed by atoms with Crippen LogP contribution in [0, 0.1) is 0 Å². The van der Waals surface area contributed by atoms with Gasteiger partial charge in [-0.2, -0.15) is 0 Å². The van der Waals surface area contributed by atoms with E-state index in [0.717, 1.165) is 5.69 Å². The largest absolute Gasteiger partial charge is 0.357 e. The van der Waals surface area contributed by atoms with Crippen molar-refractivity contribution >= 4 is 41.5 Å². The molecule has 0 atom stereocenters. The van der Waals surface area contributed by atoms with Crippen molar-refractivity contribution in [3.05, 3.63) is 23.0 Å². The van der Waals surface area contributed by atoms with Gasteiger partial charge >= 0.3 is 0 Å². The average molecular weight is 421 g/mol. The van der Waals surface area contributed by atoms with E-state index in [1.54, 1.807) is 18.1 Å². The first-order chi connectivity index (χ1) is 8.93. The number of nitrogens with zero attached hydrogens (tertiary/aromatic N) is 3. The van der Waals surface area contributed by atoms with Gasteiger partial charge in [-0.25, -0.2) is 13.8 Å². The van der Waals surface area contributed by atoms with Gasteiger partial charge in [-0.15, -0.1) is 24.0 Å². The van der Waals surface area contributed by atoms with Gasteiger partial charge in [0.2, 0.25) is 0 Å². The highest BCUT2D eigenvalue weighted by atomic mass is 127. The van der Waals surface area contributed by atoms with Crippen LogP contribution in [-0.4, -0.2) is 42.0 Å². The predicted molar refractivity (Wildman–Crippen MR) is 89.3 cm³/mol. The van der Waals surface area contributed by atoms with Crippen molar-refractivity contribution in [2.45, 2.75) is 19.9 Å². The number of hydrogen-bond acceptors (Lipinski definition) is 1. The van der Waals surface area contributed by atoms with E-state index in [9.17, 15) is 8.78 Å². The van der Waals surface area contributed by atoms with Crippen molar-refractivity contribution in [1.29, 1.82) is 0 Å². The van der Waals surface area contributed by atoms with Gasteiger partial charge in [0.05, 0.1) is 11.6 Å². The summed E-state index contributed by atoms with van der Waals surface area (Å²) in [7, 11) is 3.69. The van der Waals surface area contributed by atoms with Crippen LogP contribution in [0.25, 0.3) is 0 Å². The van der Waals surface area contributed by atoms with E-state index in [1.165, 1.54) is 0 Å². The Bertz CT molecular complexity index is 437. The summed E-state index contributed by atoms with van der Waals surface area (Å²) >= 11 is 5.91. The number of halogens is 4. The Morgan fingerprint density at radius 3 is 2.65 bits per heavy atom. The summed E-state index contributed by atoms with van der Waals surface area (Å²) in [6.45, 7) is 2.56. The average Bonchev–Trinajstić information content (AvgIpc) is 2.62. The normalized spacial score (nSPS) is 11.4. The lowest BCUT2D eigenvalue weighted by Gasteiger charge is -2.22. The molecule has 0 aliphatic rings. The maximum atomic E-state index is 12.2. The monoisotopic (exact) mass is 420 g/mol. The third-order valence-electron chi connectivity index (χ3n) is 2.55. The van der Waals surface area contributed by atoms with Gasteiger partial charge in [-0.3, -0.25) is 0 Å². The van der Waals surface area contributed by atoms with Gasteiger partial charge in [-0.05, 0) is 13.0 Å². The number of nitrogens with one attached hydrogen (secondary N) is 1. The smallest absolute Gasteiger partial charge is 0.257 e. The maximum absolute atomic E-state index is 12.2. The van der Waals surface area contributed by atoms with Crippen LogP contribution in [-0.2, 0) is 13.6 Å². The molecular formula is C12H20ClF2IN4. The number of aliphatic imine (C=N–C) groups is 1. The van der Waals surface area contributed by atoms with Gasteiger partial charge in [0.1, 0.15) is 6.54 Å². The molecule has 0 aliphatic heterocycles. The molecule has 0 aromatic carbocycles. The van der Waals surface area contributed by atoms with Crippen LogP contribution in [0.1, 0.15) is 12.6 Å². The Morgan fingerprint density at radius 2 is 2.20 bits per heavy atom. The minimum absolute atomic E-state index is 0. The van der Waals surface area contributed by atoms with Crippen LogP contribution < -0.4 is 5.32 Å². The molecule has 0 saturated heterocycles. The number of aromatic nitrogens is 1. The van der Waals surface area contributed by atoms with Crippen molar-refractivity contribution in [2.24, 2.45) is 12.0 Å². The van der Waals surface area contributed by atoms with Crippen LogP contribution in [0.2, 0.25) is 5.02 Å². The first kappa shape index (κ1) is 19.4. The quantitative estimate of drug-likeness (QED) is 0.451. The molecule has 0 fully saturated rings. The Kier molecular flexibility index (Phi) is 9.11. The van der Waals surface area contributed by atoms with E-state index in [4.69, 9.17) is 11.6 Å². The van der Waals surface area contributed by atoms with Crippen LogP contribution >= 0.6 is 35.6 Å². The first-order valence-electron chi connectivity index (χ1n) is 6.02. The molecule has 4 nitrogen and oxygen atoms in total. The van der Waals surface area contributed by atoms with Crippen LogP contribution in [0.5, 0.6) is 0 Å². The Hall–Kier alpha value is -0.570. The zero-order valence-corrected chi connectivity index (χ0v) is 14.8. The van der Waals surface area contributed by atoms with E-state index >= 15 is 0 Å². The maximum Gasteiger partial charge on any atom is 0.257 e. The second-order valence-electron chi connectivity index (χ2n) is 4.20. The first-order valence-corrected chi connectivity index (χ1v) is 6.40. The molecule has 1 aromatic heterocycles. The minimum Gasteiger partial charge on any atom is -0.357 e. The molecule has 20 heavy (non-hydrogen) atoms. The molecule has 0 bridgehead atoms. The standard InChI is InChI=1S/C12H19ClF2N4.HI/c1-4-16-12(17-6-11(14)15)19(3)8-10-5-9(13)7-18(10)2;/h5,7,11H,4,6,8H2,1-3H3,(H,16,17);1H. The zero-order valence-electron chi connectivity index (χ0n) is 11.7. The van der Waals surface area contributed by atoms with E-state index in [1.807, 2.05) is 24.6 Å². The number of hydrogen-bond donors (Lipinski definition) is 1. The highest BCUT2D eigenvalue weighted by molar-refractivity contribution is 14.0. The van der Waals surface area contributed by atoms with Gasteiger partial charge in [0.15, 0.2) is 5.96 Å². The van der Waals surface area contributed by atoms with Crippen molar-refractivity contribution in [3.63, 3.8) is 0 Å². The number of alkyl halides is 2. The number of rotatable bonds is 5. The molecule has 116 valence electrons. The van der Waals surface area contributed by atoms with Gasteiger partial charge in [-0.1, -0.05) is 11.6 Å². The predicted octanol–water partition coefficient (Wildman–Crippen LogP) is 2.96. The van der Waals surface area contributed by atoms with E-state index < -0.39 is 13.0 Å². The minimum atomic E-state index is -2.44. The van der Waals surface area contributed by atoms with Gasteiger partial charge in [0.25, 0.3) is 6.43 Å². The van der Waals surface area contributed by atoms with Crippen molar-refractivity contribution in [3.8, 4) is 0 Å². The van der Waals surface area contributed by atoms with Crippen LogP contribution in [0.15, 0.2) is 17.3 Å². The lowest BCUT2D eigenvalue weighted by molar-refractivity contribution is 0.158. The molecule has 0 amide bonds. The summed E-state index contributed by atoms with van der Waals surface area (Å²) in [6.07, 6.45) is -0.639. The van der Waals surface area contributed by atoms with Crippen LogP contribution in [0.3, 0.4) is 0 Å². The second-order valence-corrected chi connectivity index (χ2v) is 4.64. The fourth-order valence-electron chi connectivity index (χ4n) is 1.67. The molecule has 0 saturated carbocycles. The number of aryl methyl sites for hydroxylation is 1. The molecule has 1 aromatic rings. The Morgan fingerprint density at radius 1 is 1.55 bits per heavy atom. The van der Waals surface area contributed by atoms with E-state index in [2.05, 4.69) is 10.3 Å². The molecule has 0 spiro atoms. The third-order valence-corrected chi connectivity index (χ3v) is 2.76. The van der Waals surface area contributed by atoms with E-state index in [-0.39, 0.29) is 24.0 Å². The van der Waals surface area contributed by atoms with Gasteiger partial charge in [0, 0.05) is 32.5 Å². The summed E-state index contributed by atoms with van der Waals surface area (Å²) < 4.78 is 26.3. The summed E-state index contributed by atoms with van der Waals surface area (Å²) in [5.74, 6) is 0.458. The SMILES string of the molecule is CCNC(=NCC(F)F)N(C)Cc1cc(Cl)cn1C.I. The van der Waals surface area contributed by atoms with Gasteiger partial charge < -0.3 is 14.8 Å². The lowest BCUT2D eigenvalue weighted by atomic mass is 10.4. The summed E-state index contributed by atoms with van der Waals surface area (Å²) in [5.41, 5.74) is 0.982. The summed E-state index contributed by atoms with van der Waals surface area (Å²) in [4.78, 5) is 5.67. The second kappa shape index (κ2) is 9.38. The van der Waals surface area contributed by atoms with Crippen LogP contribution in [0.4, 0.5) is 8.78 Å². The van der Waals surface area contributed by atoms with Crippen molar-refractivity contribution in [2.75, 3.05) is 20.1 Å². The fraction of sp³-hybridized carbons (Fsp3) is 0.583. The molecule has 0 aliphatic carbocycles. The Labute approximate surface area is 140 Å². The molecule has 1 N–H and O–H groups in total. The summed E-state index contributed by atoms with van der Waals surface area (Å²) in [5, 5.41) is 3.64. The van der Waals surface area contributed by atoms with Crippen molar-refractivity contribution in [1.82, 2.24) is 14.8 Å². The third kappa shape index (κ3) is 6.25. The highest BCUT2D eigenvalue weighted by Crippen LogP contribution is 2.14. The Balaban J connectivity index is 0.00000361. The molecule has 0 unspecified atom stereocenters. The molecular weight excluding hydrogens is 401 g/mol. The molecule has 1 heterocycles. The topological polar surface area (TPSA) is 32.6 Å². The van der Waals surface area contributed by atoms with Crippen molar-refractivity contribution < 1.29 is 8.78 Å². The highest BCUT2D eigenvalue weighted by Gasteiger charge is 2.10. The molecule has 1 rings (SSSR count). The lowest BCUT2D eigenvalue weighted by Crippen LogP contribution is -2.39. The van der Waals surface area contributed by atoms with E-state index in [0.29, 0.717) is 24.1 Å². The zero-order chi connectivity index (χ0) is 14.4. The summed E-state index contributed by atoms with van der Waals surface area (Å²) in [6, 6.07) is 1.84. The fourth-order valence-corrected chi connectivity index (χ4v) is 1.94. The number of guanidine groups is 1.